The SMILES string of the molecule is CCC1(NC2O[C@@H]2CCn2c(=O)c3ccnn3c3ccc(F)cc32)CC=CC=C1OC. The second kappa shape index (κ2) is 7.62. The summed E-state index contributed by atoms with van der Waals surface area (Å²) >= 11 is 0. The molecular formula is C23H25FN4O3. The van der Waals surface area contributed by atoms with Crippen molar-refractivity contribution in [3.05, 3.63) is 70.6 Å². The van der Waals surface area contributed by atoms with Crippen LogP contribution in [0.4, 0.5) is 4.39 Å². The second-order valence-electron chi connectivity index (χ2n) is 8.05. The lowest BCUT2D eigenvalue weighted by Crippen LogP contribution is -2.49. The molecule has 1 fully saturated rings. The third-order valence-corrected chi connectivity index (χ3v) is 6.35. The van der Waals surface area contributed by atoms with Crippen molar-refractivity contribution in [1.82, 2.24) is 19.5 Å². The van der Waals surface area contributed by atoms with Gasteiger partial charge in [-0.1, -0.05) is 19.1 Å². The predicted molar refractivity (Wildman–Crippen MR) is 115 cm³/mol. The number of halogens is 1. The van der Waals surface area contributed by atoms with Crippen LogP contribution in [-0.2, 0) is 16.0 Å². The van der Waals surface area contributed by atoms with E-state index < -0.39 is 0 Å². The monoisotopic (exact) mass is 424 g/mol. The standard InChI is InChI=1S/C23H25FN4O3/c1-3-23(11-5-4-6-20(23)30-2)26-21-19(31-21)10-13-27-18-14-15(24)7-8-16(18)28-17(22(27)29)9-12-25-28/h4-9,12,14,19,21,26H,3,10-11,13H2,1-2H3/t19-,21?,23?/m1/s1. The van der Waals surface area contributed by atoms with Crippen LogP contribution in [0.5, 0.6) is 0 Å². The highest BCUT2D eigenvalue weighted by molar-refractivity contribution is 5.78. The van der Waals surface area contributed by atoms with Gasteiger partial charge in [0.05, 0.1) is 29.9 Å². The maximum absolute atomic E-state index is 14.0. The Bertz CT molecular complexity index is 1260. The van der Waals surface area contributed by atoms with E-state index in [2.05, 4.69) is 23.4 Å². The van der Waals surface area contributed by atoms with E-state index >= 15 is 0 Å². The molecule has 2 aliphatic rings. The van der Waals surface area contributed by atoms with Crippen molar-refractivity contribution in [3.63, 3.8) is 0 Å². The fourth-order valence-electron chi connectivity index (χ4n) is 4.54. The molecule has 8 heteroatoms. The summed E-state index contributed by atoms with van der Waals surface area (Å²) in [5.41, 5.74) is 1.22. The average molecular weight is 424 g/mol. The number of hydrogen-bond donors (Lipinski definition) is 1. The Hall–Kier alpha value is -2.97. The summed E-state index contributed by atoms with van der Waals surface area (Å²) in [4.78, 5) is 13.0. The van der Waals surface area contributed by atoms with Crippen molar-refractivity contribution in [3.8, 4) is 0 Å². The van der Waals surface area contributed by atoms with Gasteiger partial charge in [-0.15, -0.1) is 0 Å². The Kier molecular flexibility index (Phi) is 4.91. The normalized spacial score (nSPS) is 25.2. The molecule has 1 N–H and O–H groups in total. The van der Waals surface area contributed by atoms with Crippen molar-refractivity contribution in [1.29, 1.82) is 0 Å². The maximum Gasteiger partial charge on any atom is 0.277 e. The van der Waals surface area contributed by atoms with Crippen LogP contribution >= 0.6 is 0 Å². The average Bonchev–Trinajstić information content (AvgIpc) is 3.31. The lowest BCUT2D eigenvalue weighted by atomic mass is 9.86. The van der Waals surface area contributed by atoms with Gasteiger partial charge >= 0.3 is 0 Å². The highest BCUT2D eigenvalue weighted by atomic mass is 19.1. The van der Waals surface area contributed by atoms with Gasteiger partial charge in [-0.2, -0.15) is 5.10 Å². The van der Waals surface area contributed by atoms with Crippen molar-refractivity contribution >= 4 is 16.6 Å². The Morgan fingerprint density at radius 3 is 3.00 bits per heavy atom. The molecule has 2 aromatic heterocycles. The number of ether oxygens (including phenoxy) is 2. The molecule has 0 radical (unpaired) electrons. The first kappa shape index (κ1) is 20.0. The Morgan fingerprint density at radius 1 is 1.32 bits per heavy atom. The number of hydrogen-bond acceptors (Lipinski definition) is 5. The largest absolute Gasteiger partial charge is 0.499 e. The van der Waals surface area contributed by atoms with Crippen molar-refractivity contribution < 1.29 is 13.9 Å². The molecular weight excluding hydrogens is 399 g/mol. The van der Waals surface area contributed by atoms with Crippen LogP contribution in [-0.4, -0.2) is 39.2 Å². The van der Waals surface area contributed by atoms with Crippen molar-refractivity contribution in [2.24, 2.45) is 0 Å². The van der Waals surface area contributed by atoms with Gasteiger partial charge in [0.25, 0.3) is 5.56 Å². The van der Waals surface area contributed by atoms with Crippen LogP contribution in [0.3, 0.4) is 0 Å². The number of aryl methyl sites for hydroxylation is 1. The van der Waals surface area contributed by atoms with Gasteiger partial charge in [0.2, 0.25) is 0 Å². The summed E-state index contributed by atoms with van der Waals surface area (Å²) < 4.78 is 28.6. The summed E-state index contributed by atoms with van der Waals surface area (Å²) in [5.74, 6) is 0.513. The lowest BCUT2D eigenvalue weighted by molar-refractivity contribution is 0.169. The number of rotatable bonds is 7. The van der Waals surface area contributed by atoms with E-state index in [0.29, 0.717) is 29.5 Å². The molecule has 0 bridgehead atoms. The van der Waals surface area contributed by atoms with Gasteiger partial charge < -0.3 is 14.0 Å². The van der Waals surface area contributed by atoms with Crippen LogP contribution in [0.1, 0.15) is 26.2 Å². The minimum Gasteiger partial charge on any atom is -0.499 e. The first-order chi connectivity index (χ1) is 15.1. The molecule has 1 aliphatic carbocycles. The third kappa shape index (κ3) is 3.36. The molecule has 1 saturated heterocycles. The number of nitrogens with zero attached hydrogens (tertiary/aromatic N) is 3. The van der Waals surface area contributed by atoms with Crippen LogP contribution in [0, 0.1) is 5.82 Å². The first-order valence-corrected chi connectivity index (χ1v) is 10.6. The summed E-state index contributed by atoms with van der Waals surface area (Å²) in [6, 6.07) is 6.10. The van der Waals surface area contributed by atoms with E-state index in [1.165, 1.54) is 12.1 Å². The zero-order chi connectivity index (χ0) is 21.6. The number of methoxy groups -OCH3 is 1. The Morgan fingerprint density at radius 2 is 2.19 bits per heavy atom. The number of nitrogens with one attached hydrogen (secondary N) is 1. The number of epoxide rings is 1. The van der Waals surface area contributed by atoms with E-state index in [1.807, 2.05) is 12.2 Å². The van der Waals surface area contributed by atoms with Gasteiger partial charge in [0, 0.05) is 6.54 Å². The molecule has 162 valence electrons. The molecule has 3 aromatic rings. The van der Waals surface area contributed by atoms with E-state index in [9.17, 15) is 9.18 Å². The van der Waals surface area contributed by atoms with E-state index in [0.717, 1.165) is 18.6 Å². The first-order valence-electron chi connectivity index (χ1n) is 10.6. The zero-order valence-corrected chi connectivity index (χ0v) is 17.5. The van der Waals surface area contributed by atoms with Crippen LogP contribution < -0.4 is 10.9 Å². The highest BCUT2D eigenvalue weighted by Gasteiger charge is 2.46. The molecule has 2 unspecified atom stereocenters. The van der Waals surface area contributed by atoms with Crippen LogP contribution in [0.15, 0.2) is 59.2 Å². The second-order valence-corrected chi connectivity index (χ2v) is 8.05. The van der Waals surface area contributed by atoms with Crippen molar-refractivity contribution in [2.75, 3.05) is 7.11 Å². The molecule has 0 spiro atoms. The van der Waals surface area contributed by atoms with Gasteiger partial charge in [0.15, 0.2) is 0 Å². The Labute approximate surface area is 178 Å². The quantitative estimate of drug-likeness (QED) is 0.590. The number of allylic oxidation sites excluding steroid dienone is 2. The molecule has 0 saturated carbocycles. The lowest BCUT2D eigenvalue weighted by Gasteiger charge is -2.35. The molecule has 1 aliphatic heterocycles. The highest BCUT2D eigenvalue weighted by Crippen LogP contribution is 2.34. The fourth-order valence-corrected chi connectivity index (χ4v) is 4.54. The maximum atomic E-state index is 14.0. The minimum absolute atomic E-state index is 0.0240. The molecule has 3 atom stereocenters. The van der Waals surface area contributed by atoms with E-state index in [-0.39, 0.29) is 29.2 Å². The number of aromatic nitrogens is 3. The molecule has 7 nitrogen and oxygen atoms in total. The van der Waals surface area contributed by atoms with Crippen LogP contribution in [0.25, 0.3) is 16.6 Å². The van der Waals surface area contributed by atoms with E-state index in [1.54, 1.807) is 34.5 Å². The number of benzene rings is 1. The molecule has 5 rings (SSSR count). The molecule has 0 amide bonds. The van der Waals surface area contributed by atoms with Crippen molar-refractivity contribution in [2.45, 2.75) is 50.6 Å². The molecule has 1 aromatic carbocycles. The number of fused-ring (bicyclic) bond motifs is 3. The smallest absolute Gasteiger partial charge is 0.277 e. The van der Waals surface area contributed by atoms with E-state index in [4.69, 9.17) is 9.47 Å². The summed E-state index contributed by atoms with van der Waals surface area (Å²) in [7, 11) is 1.69. The molecule has 31 heavy (non-hydrogen) atoms. The topological polar surface area (TPSA) is 73.1 Å². The zero-order valence-electron chi connectivity index (χ0n) is 17.5. The third-order valence-electron chi connectivity index (χ3n) is 6.35. The predicted octanol–water partition coefficient (Wildman–Crippen LogP) is 3.13. The van der Waals surface area contributed by atoms with Gasteiger partial charge in [-0.25, -0.2) is 8.91 Å². The molecule has 3 heterocycles. The summed E-state index contributed by atoms with van der Waals surface area (Å²) in [6.07, 6.45) is 9.89. The summed E-state index contributed by atoms with van der Waals surface area (Å²) in [6.45, 7) is 2.55. The Balaban J connectivity index is 1.36. The summed E-state index contributed by atoms with van der Waals surface area (Å²) in [5, 5.41) is 7.82. The fraction of sp³-hybridized carbons (Fsp3) is 0.391. The van der Waals surface area contributed by atoms with Gasteiger partial charge in [-0.3, -0.25) is 10.1 Å². The van der Waals surface area contributed by atoms with Gasteiger partial charge in [0.1, 0.15) is 29.4 Å². The van der Waals surface area contributed by atoms with Gasteiger partial charge in [-0.05, 0) is 49.6 Å². The van der Waals surface area contributed by atoms with Crippen LogP contribution in [0.2, 0.25) is 0 Å². The minimum atomic E-state index is -0.386.